The number of ether oxygens (including phenoxy) is 1. The molecular weight excluding hydrogens is 390 g/mol. The van der Waals surface area contributed by atoms with E-state index in [1.54, 1.807) is 26.2 Å². The predicted octanol–water partition coefficient (Wildman–Crippen LogP) is 4.88. The van der Waals surface area contributed by atoms with Gasteiger partial charge in [0.2, 0.25) is 0 Å². The minimum atomic E-state index is -0.444. The molecule has 1 aliphatic heterocycles. The maximum absolute atomic E-state index is 12.1. The first-order chi connectivity index (χ1) is 13.6. The number of carbonyl (C=O) groups excluding carboxylic acids is 2. The SMILES string of the molecule is CN(C)C(=O)c1ccc(NCCCC2CCN(C(=O)OC(C)(C)C)CC2)cc1Cl. The first-order valence-corrected chi connectivity index (χ1v) is 10.7. The lowest BCUT2D eigenvalue weighted by Crippen LogP contribution is -2.41. The molecule has 0 bridgehead atoms. The number of halogens is 1. The van der Waals surface area contributed by atoms with Gasteiger partial charge in [0.1, 0.15) is 5.60 Å². The molecule has 29 heavy (non-hydrogen) atoms. The lowest BCUT2D eigenvalue weighted by Gasteiger charge is -2.33. The molecule has 1 aromatic carbocycles. The first kappa shape index (κ1) is 23.3. The fraction of sp³-hybridized carbons (Fsp3) is 0.636. The molecule has 0 radical (unpaired) electrons. The summed E-state index contributed by atoms with van der Waals surface area (Å²) in [6.07, 6.45) is 4.01. The van der Waals surface area contributed by atoms with E-state index in [0.717, 1.165) is 51.0 Å². The van der Waals surface area contributed by atoms with Crippen LogP contribution in [0.25, 0.3) is 0 Å². The third-order valence-electron chi connectivity index (χ3n) is 4.99. The van der Waals surface area contributed by atoms with Crippen molar-refractivity contribution >= 4 is 29.3 Å². The van der Waals surface area contributed by atoms with Gasteiger partial charge in [0.05, 0.1) is 10.6 Å². The highest BCUT2D eigenvalue weighted by molar-refractivity contribution is 6.34. The Morgan fingerprint density at radius 2 is 1.90 bits per heavy atom. The summed E-state index contributed by atoms with van der Waals surface area (Å²) in [6, 6.07) is 5.46. The smallest absolute Gasteiger partial charge is 0.410 e. The summed E-state index contributed by atoms with van der Waals surface area (Å²) in [6.45, 7) is 8.07. The number of nitrogens with one attached hydrogen (secondary N) is 1. The molecule has 7 heteroatoms. The minimum absolute atomic E-state index is 0.0979. The van der Waals surface area contributed by atoms with Crippen molar-refractivity contribution in [2.45, 2.75) is 52.1 Å². The number of benzene rings is 1. The van der Waals surface area contributed by atoms with Gasteiger partial charge in [-0.3, -0.25) is 4.79 Å². The van der Waals surface area contributed by atoms with Crippen LogP contribution in [0.15, 0.2) is 18.2 Å². The molecule has 1 aromatic rings. The van der Waals surface area contributed by atoms with Crippen molar-refractivity contribution < 1.29 is 14.3 Å². The van der Waals surface area contributed by atoms with Gasteiger partial charge in [-0.15, -0.1) is 0 Å². The van der Waals surface area contributed by atoms with Crippen LogP contribution in [0.1, 0.15) is 56.8 Å². The van der Waals surface area contributed by atoms with Gasteiger partial charge >= 0.3 is 6.09 Å². The molecule has 1 fully saturated rings. The highest BCUT2D eigenvalue weighted by Gasteiger charge is 2.26. The normalized spacial score (nSPS) is 15.2. The molecule has 1 aliphatic rings. The Hall–Kier alpha value is -1.95. The standard InChI is InChI=1S/C22H34ClN3O3/c1-22(2,3)29-21(28)26-13-10-16(11-14-26)7-6-12-24-17-8-9-18(19(23)15-17)20(27)25(4)5/h8-9,15-16,24H,6-7,10-14H2,1-5H3. The molecule has 0 aromatic heterocycles. The molecule has 1 saturated heterocycles. The largest absolute Gasteiger partial charge is 0.444 e. The molecule has 1 N–H and O–H groups in total. The number of rotatable bonds is 6. The zero-order chi connectivity index (χ0) is 21.6. The van der Waals surface area contributed by atoms with Crippen molar-refractivity contribution in [3.63, 3.8) is 0 Å². The predicted molar refractivity (Wildman–Crippen MR) is 118 cm³/mol. The molecular formula is C22H34ClN3O3. The van der Waals surface area contributed by atoms with Crippen molar-refractivity contribution in [1.82, 2.24) is 9.80 Å². The molecule has 2 rings (SSSR count). The van der Waals surface area contributed by atoms with E-state index >= 15 is 0 Å². The summed E-state index contributed by atoms with van der Waals surface area (Å²) < 4.78 is 5.45. The quantitative estimate of drug-likeness (QED) is 0.662. The van der Waals surface area contributed by atoms with Crippen LogP contribution < -0.4 is 5.32 Å². The Kier molecular flexibility index (Phi) is 8.20. The topological polar surface area (TPSA) is 61.9 Å². The fourth-order valence-electron chi connectivity index (χ4n) is 3.39. The van der Waals surface area contributed by atoms with Crippen LogP contribution in [-0.2, 0) is 4.74 Å². The van der Waals surface area contributed by atoms with Crippen molar-refractivity contribution in [3.8, 4) is 0 Å². The number of carbonyl (C=O) groups is 2. The summed E-state index contributed by atoms with van der Waals surface area (Å²) in [5.74, 6) is 0.540. The highest BCUT2D eigenvalue weighted by atomic mass is 35.5. The van der Waals surface area contributed by atoms with Crippen molar-refractivity contribution in [2.24, 2.45) is 5.92 Å². The second kappa shape index (κ2) is 10.2. The molecule has 162 valence electrons. The fourth-order valence-corrected chi connectivity index (χ4v) is 3.65. The Balaban J connectivity index is 1.69. The molecule has 0 unspecified atom stereocenters. The highest BCUT2D eigenvalue weighted by Crippen LogP contribution is 2.25. The summed E-state index contributed by atoms with van der Waals surface area (Å²) in [5, 5.41) is 3.84. The first-order valence-electron chi connectivity index (χ1n) is 10.3. The lowest BCUT2D eigenvalue weighted by molar-refractivity contribution is 0.0181. The van der Waals surface area contributed by atoms with Crippen LogP contribution in [-0.4, -0.2) is 61.1 Å². The molecule has 1 heterocycles. The van der Waals surface area contributed by atoms with E-state index in [9.17, 15) is 9.59 Å². The molecule has 6 nitrogen and oxygen atoms in total. The minimum Gasteiger partial charge on any atom is -0.444 e. The second-order valence-corrected chi connectivity index (χ2v) is 9.28. The van der Waals surface area contributed by atoms with E-state index in [4.69, 9.17) is 16.3 Å². The number of hydrogen-bond donors (Lipinski definition) is 1. The average Bonchev–Trinajstić information content (AvgIpc) is 2.64. The Bertz CT molecular complexity index is 708. The van der Waals surface area contributed by atoms with Crippen LogP contribution >= 0.6 is 11.6 Å². The van der Waals surface area contributed by atoms with Gasteiger partial charge in [-0.2, -0.15) is 0 Å². The summed E-state index contributed by atoms with van der Waals surface area (Å²) in [5.41, 5.74) is 0.990. The number of amides is 2. The summed E-state index contributed by atoms with van der Waals surface area (Å²) in [4.78, 5) is 27.5. The number of anilines is 1. The number of likely N-dealkylation sites (tertiary alicyclic amines) is 1. The maximum atomic E-state index is 12.1. The number of piperidine rings is 1. The van der Waals surface area contributed by atoms with Crippen LogP contribution in [0.4, 0.5) is 10.5 Å². The third-order valence-corrected chi connectivity index (χ3v) is 5.30. The van der Waals surface area contributed by atoms with Gasteiger partial charge in [0.25, 0.3) is 5.91 Å². The van der Waals surface area contributed by atoms with Gasteiger partial charge in [-0.1, -0.05) is 11.6 Å². The van der Waals surface area contributed by atoms with Gasteiger partial charge < -0.3 is 19.9 Å². The van der Waals surface area contributed by atoms with E-state index in [1.807, 2.05) is 31.7 Å². The Morgan fingerprint density at radius 1 is 1.24 bits per heavy atom. The van der Waals surface area contributed by atoms with Gasteiger partial charge in [0.15, 0.2) is 0 Å². The van der Waals surface area contributed by atoms with Crippen molar-refractivity contribution in [1.29, 1.82) is 0 Å². The van der Waals surface area contributed by atoms with Crippen LogP contribution in [0, 0.1) is 5.92 Å². The van der Waals surface area contributed by atoms with Gasteiger partial charge in [-0.25, -0.2) is 4.79 Å². The maximum Gasteiger partial charge on any atom is 0.410 e. The zero-order valence-corrected chi connectivity index (χ0v) is 19.0. The van der Waals surface area contributed by atoms with Crippen LogP contribution in [0.2, 0.25) is 5.02 Å². The summed E-state index contributed by atoms with van der Waals surface area (Å²) in [7, 11) is 3.42. The van der Waals surface area contributed by atoms with Crippen LogP contribution in [0.5, 0.6) is 0 Å². The average molecular weight is 424 g/mol. The van der Waals surface area contributed by atoms with Crippen molar-refractivity contribution in [2.75, 3.05) is 39.0 Å². The molecule has 0 aliphatic carbocycles. The van der Waals surface area contributed by atoms with Crippen LogP contribution in [0.3, 0.4) is 0 Å². The van der Waals surface area contributed by atoms with Gasteiger partial charge in [0, 0.05) is 39.4 Å². The van der Waals surface area contributed by atoms with E-state index < -0.39 is 5.60 Å². The second-order valence-electron chi connectivity index (χ2n) is 8.87. The molecule has 0 atom stereocenters. The third kappa shape index (κ3) is 7.42. The number of hydrogen-bond acceptors (Lipinski definition) is 4. The van der Waals surface area contributed by atoms with E-state index in [1.165, 1.54) is 4.90 Å². The van der Waals surface area contributed by atoms with E-state index in [0.29, 0.717) is 16.5 Å². The molecule has 0 saturated carbocycles. The van der Waals surface area contributed by atoms with Crippen molar-refractivity contribution in [3.05, 3.63) is 28.8 Å². The molecule has 0 spiro atoms. The summed E-state index contributed by atoms with van der Waals surface area (Å²) >= 11 is 6.25. The molecule has 2 amide bonds. The Morgan fingerprint density at radius 3 is 2.45 bits per heavy atom. The van der Waals surface area contributed by atoms with E-state index in [2.05, 4.69) is 5.32 Å². The zero-order valence-electron chi connectivity index (χ0n) is 18.3. The number of nitrogens with zero attached hydrogens (tertiary/aromatic N) is 2. The van der Waals surface area contributed by atoms with E-state index in [-0.39, 0.29) is 12.0 Å². The Labute approximate surface area is 179 Å². The lowest BCUT2D eigenvalue weighted by atomic mass is 9.92. The monoisotopic (exact) mass is 423 g/mol. The van der Waals surface area contributed by atoms with Gasteiger partial charge in [-0.05, 0) is 70.6 Å².